The van der Waals surface area contributed by atoms with Crippen molar-refractivity contribution in [2.24, 2.45) is 5.41 Å². The molecule has 0 aliphatic heterocycles. The number of hydrogen-bond donors (Lipinski definition) is 1. The average Bonchev–Trinajstić information content (AvgIpc) is 2.35. The molecule has 0 aliphatic rings. The van der Waals surface area contributed by atoms with E-state index in [4.69, 9.17) is 4.74 Å². The van der Waals surface area contributed by atoms with Gasteiger partial charge in [0.1, 0.15) is 5.75 Å². The van der Waals surface area contributed by atoms with Crippen molar-refractivity contribution in [3.05, 3.63) is 48.1 Å². The fourth-order valence-corrected chi connectivity index (χ4v) is 2.35. The Morgan fingerprint density at radius 2 is 2.11 bits per heavy atom. The molecule has 0 amide bonds. The maximum atomic E-state index is 9.32. The van der Waals surface area contributed by atoms with Gasteiger partial charge in [-0.15, -0.1) is 6.58 Å². The molecule has 1 aromatic rings. The van der Waals surface area contributed by atoms with E-state index < -0.39 is 0 Å². The smallest absolute Gasteiger partial charge is 0.126 e. The van der Waals surface area contributed by atoms with Crippen LogP contribution < -0.4 is 4.74 Å². The van der Waals surface area contributed by atoms with Crippen LogP contribution in [0.3, 0.4) is 0 Å². The second kappa shape index (κ2) is 6.58. The average molecular weight is 260 g/mol. The summed E-state index contributed by atoms with van der Waals surface area (Å²) in [7, 11) is 1.67. The van der Waals surface area contributed by atoms with Gasteiger partial charge in [0.05, 0.1) is 13.7 Å². The van der Waals surface area contributed by atoms with Gasteiger partial charge >= 0.3 is 0 Å². The molecule has 0 atom stereocenters. The highest BCUT2D eigenvalue weighted by molar-refractivity contribution is 5.75. The highest BCUT2D eigenvalue weighted by Gasteiger charge is 2.25. The van der Waals surface area contributed by atoms with Crippen LogP contribution in [0.2, 0.25) is 0 Å². The first-order valence-electron chi connectivity index (χ1n) is 6.53. The molecule has 0 radical (unpaired) electrons. The number of aryl methyl sites for hydroxylation is 1. The fraction of sp³-hybridized carbons (Fsp3) is 0.412. The Bertz CT molecular complexity index is 470. The van der Waals surface area contributed by atoms with Crippen molar-refractivity contribution in [1.29, 1.82) is 0 Å². The standard InChI is InChI=1S/C17H24O2/c1-6-10-17(3,4)15(9-11-18)14-12-13(2)7-8-16(14)19-5/h6-9,12,18H,1,10-11H2,2-5H3/b15-9-. The summed E-state index contributed by atoms with van der Waals surface area (Å²) < 4.78 is 5.45. The summed E-state index contributed by atoms with van der Waals surface area (Å²) in [5, 5.41) is 9.32. The molecule has 0 heterocycles. The van der Waals surface area contributed by atoms with E-state index in [9.17, 15) is 5.11 Å². The Balaban J connectivity index is 3.39. The lowest BCUT2D eigenvalue weighted by atomic mass is 9.77. The molecule has 104 valence electrons. The zero-order chi connectivity index (χ0) is 14.5. The van der Waals surface area contributed by atoms with Crippen molar-refractivity contribution >= 4 is 5.57 Å². The lowest BCUT2D eigenvalue weighted by molar-refractivity contribution is 0.341. The molecule has 2 nitrogen and oxygen atoms in total. The van der Waals surface area contributed by atoms with E-state index in [1.807, 2.05) is 24.3 Å². The maximum absolute atomic E-state index is 9.32. The van der Waals surface area contributed by atoms with Gasteiger partial charge in [-0.05, 0) is 36.5 Å². The Kier molecular flexibility index (Phi) is 5.37. The van der Waals surface area contributed by atoms with Crippen molar-refractivity contribution in [3.8, 4) is 5.75 Å². The summed E-state index contributed by atoms with van der Waals surface area (Å²) >= 11 is 0. The van der Waals surface area contributed by atoms with Crippen molar-refractivity contribution in [2.45, 2.75) is 27.2 Å². The number of hydrogen-bond acceptors (Lipinski definition) is 2. The number of benzene rings is 1. The monoisotopic (exact) mass is 260 g/mol. The van der Waals surface area contributed by atoms with Crippen LogP contribution in [0.15, 0.2) is 36.9 Å². The third-order valence-electron chi connectivity index (χ3n) is 3.32. The molecule has 19 heavy (non-hydrogen) atoms. The molecule has 1 aromatic carbocycles. The second-order valence-corrected chi connectivity index (χ2v) is 5.38. The lowest BCUT2D eigenvalue weighted by Gasteiger charge is -2.28. The molecule has 0 aliphatic carbocycles. The van der Waals surface area contributed by atoms with E-state index in [1.165, 1.54) is 5.56 Å². The van der Waals surface area contributed by atoms with Crippen LogP contribution in [0.5, 0.6) is 5.75 Å². The topological polar surface area (TPSA) is 29.5 Å². The van der Waals surface area contributed by atoms with Gasteiger partial charge in [-0.3, -0.25) is 0 Å². The van der Waals surface area contributed by atoms with E-state index in [0.717, 1.165) is 23.3 Å². The zero-order valence-corrected chi connectivity index (χ0v) is 12.4. The summed E-state index contributed by atoms with van der Waals surface area (Å²) in [6, 6.07) is 6.10. The van der Waals surface area contributed by atoms with Gasteiger partial charge in [-0.2, -0.15) is 0 Å². The minimum Gasteiger partial charge on any atom is -0.496 e. The van der Waals surface area contributed by atoms with Gasteiger partial charge in [0.2, 0.25) is 0 Å². The third kappa shape index (κ3) is 3.71. The molecule has 1 N–H and O–H groups in total. The van der Waals surface area contributed by atoms with Crippen LogP contribution in [0.25, 0.3) is 5.57 Å². The predicted molar refractivity (Wildman–Crippen MR) is 81.4 cm³/mol. The molecule has 0 fully saturated rings. The van der Waals surface area contributed by atoms with Crippen LogP contribution >= 0.6 is 0 Å². The minimum atomic E-state index is -0.0917. The zero-order valence-electron chi connectivity index (χ0n) is 12.4. The predicted octanol–water partition coefficient (Wildman–Crippen LogP) is 3.98. The fourth-order valence-electron chi connectivity index (χ4n) is 2.35. The van der Waals surface area contributed by atoms with Gasteiger partial charge in [0, 0.05) is 5.56 Å². The number of ether oxygens (including phenoxy) is 1. The van der Waals surface area contributed by atoms with E-state index in [0.29, 0.717) is 0 Å². The van der Waals surface area contributed by atoms with Crippen LogP contribution in [0.1, 0.15) is 31.4 Å². The van der Waals surface area contributed by atoms with Gasteiger partial charge < -0.3 is 9.84 Å². The number of rotatable bonds is 6. The van der Waals surface area contributed by atoms with Crippen molar-refractivity contribution < 1.29 is 9.84 Å². The summed E-state index contributed by atoms with van der Waals surface area (Å²) in [6.45, 7) is 10.2. The quantitative estimate of drug-likeness (QED) is 0.784. The lowest BCUT2D eigenvalue weighted by Crippen LogP contribution is -2.14. The van der Waals surface area contributed by atoms with Crippen molar-refractivity contribution in [1.82, 2.24) is 0 Å². The third-order valence-corrected chi connectivity index (χ3v) is 3.32. The number of aliphatic hydroxyl groups is 1. The highest BCUT2D eigenvalue weighted by atomic mass is 16.5. The molecule has 0 unspecified atom stereocenters. The van der Waals surface area contributed by atoms with E-state index >= 15 is 0 Å². The molecular formula is C17H24O2. The van der Waals surface area contributed by atoms with E-state index in [2.05, 4.69) is 33.4 Å². The first kappa shape index (κ1) is 15.5. The Labute approximate surface area is 116 Å². The molecule has 0 saturated heterocycles. The largest absolute Gasteiger partial charge is 0.496 e. The summed E-state index contributed by atoms with van der Waals surface area (Å²) in [4.78, 5) is 0. The maximum Gasteiger partial charge on any atom is 0.126 e. The number of methoxy groups -OCH3 is 1. The van der Waals surface area contributed by atoms with Crippen LogP contribution in [0.4, 0.5) is 0 Å². The van der Waals surface area contributed by atoms with Crippen molar-refractivity contribution in [3.63, 3.8) is 0 Å². The van der Waals surface area contributed by atoms with Gasteiger partial charge in [0.25, 0.3) is 0 Å². The minimum absolute atomic E-state index is 0.0208. The SMILES string of the molecule is C=CCC(C)(C)/C(=C\CO)c1cc(C)ccc1OC. The van der Waals surface area contributed by atoms with Crippen LogP contribution in [0, 0.1) is 12.3 Å². The molecular weight excluding hydrogens is 236 g/mol. The van der Waals surface area contributed by atoms with Gasteiger partial charge in [-0.25, -0.2) is 0 Å². The molecule has 1 rings (SSSR count). The summed E-state index contributed by atoms with van der Waals surface area (Å²) in [6.07, 6.45) is 4.62. The van der Waals surface area contributed by atoms with Crippen LogP contribution in [-0.4, -0.2) is 18.8 Å². The Morgan fingerprint density at radius 1 is 1.42 bits per heavy atom. The first-order valence-corrected chi connectivity index (χ1v) is 6.53. The van der Waals surface area contributed by atoms with E-state index in [1.54, 1.807) is 7.11 Å². The Morgan fingerprint density at radius 3 is 2.63 bits per heavy atom. The first-order chi connectivity index (χ1) is 8.96. The van der Waals surface area contributed by atoms with E-state index in [-0.39, 0.29) is 12.0 Å². The molecule has 0 spiro atoms. The molecule has 0 bridgehead atoms. The normalized spacial score (nSPS) is 12.4. The number of allylic oxidation sites excluding steroid dienone is 2. The summed E-state index contributed by atoms with van der Waals surface area (Å²) in [5.74, 6) is 0.836. The highest BCUT2D eigenvalue weighted by Crippen LogP contribution is 2.41. The van der Waals surface area contributed by atoms with Gasteiger partial charge in [0.15, 0.2) is 0 Å². The summed E-state index contributed by atoms with van der Waals surface area (Å²) in [5.41, 5.74) is 3.22. The van der Waals surface area contributed by atoms with Crippen molar-refractivity contribution in [2.75, 3.05) is 13.7 Å². The van der Waals surface area contributed by atoms with Crippen LogP contribution in [-0.2, 0) is 0 Å². The Hall–Kier alpha value is -1.54. The molecule has 0 aromatic heterocycles. The molecule has 0 saturated carbocycles. The van der Waals surface area contributed by atoms with Gasteiger partial charge in [-0.1, -0.05) is 37.6 Å². The number of aliphatic hydroxyl groups excluding tert-OH is 1. The second-order valence-electron chi connectivity index (χ2n) is 5.38. The molecule has 2 heteroatoms.